The molecule has 0 aliphatic carbocycles. The summed E-state index contributed by atoms with van der Waals surface area (Å²) in [5.74, 6) is 1.09. The predicted molar refractivity (Wildman–Crippen MR) is 159 cm³/mol. The van der Waals surface area contributed by atoms with E-state index in [2.05, 4.69) is 24.3 Å². The van der Waals surface area contributed by atoms with E-state index in [0.29, 0.717) is 47.5 Å². The number of piperidine rings is 1. The monoisotopic (exact) mass is 568 g/mol. The summed E-state index contributed by atoms with van der Waals surface area (Å²) in [5, 5.41) is 5.36. The van der Waals surface area contributed by atoms with E-state index in [1.54, 1.807) is 19.4 Å². The first-order valence-corrected chi connectivity index (χ1v) is 14.5. The molecule has 2 aliphatic rings. The fourth-order valence-electron chi connectivity index (χ4n) is 6.11. The number of likely N-dealkylation sites (tertiary alicyclic amines) is 2. The van der Waals surface area contributed by atoms with Crippen LogP contribution in [0.1, 0.15) is 63.1 Å². The quantitative estimate of drug-likeness (QED) is 0.278. The zero-order chi connectivity index (χ0) is 28.3. The van der Waals surface area contributed by atoms with Crippen LogP contribution in [0.25, 0.3) is 5.69 Å². The zero-order valence-corrected chi connectivity index (χ0v) is 23.8. The number of aromatic nitrogens is 2. The molecule has 0 bridgehead atoms. The SMILES string of the molecule is COc1cccc(C(=O)N2CCC(c3c(C(=O)N4CC[C@H](c5ccccc5)C4)cnn3-c3ccc(Cl)cc3)CC2)c1. The van der Waals surface area contributed by atoms with Gasteiger partial charge in [-0.2, -0.15) is 5.10 Å². The maximum Gasteiger partial charge on any atom is 0.257 e. The minimum absolute atomic E-state index is 0.00567. The van der Waals surface area contributed by atoms with Crippen LogP contribution in [0, 0.1) is 0 Å². The molecular weight excluding hydrogens is 536 g/mol. The molecule has 6 rings (SSSR count). The van der Waals surface area contributed by atoms with Crippen molar-refractivity contribution in [2.45, 2.75) is 31.1 Å². The Kier molecular flexibility index (Phi) is 7.79. The van der Waals surface area contributed by atoms with Crippen LogP contribution in [0.2, 0.25) is 5.02 Å². The number of rotatable bonds is 6. The van der Waals surface area contributed by atoms with Crippen molar-refractivity contribution in [2.24, 2.45) is 0 Å². The molecule has 0 N–H and O–H groups in total. The molecule has 0 spiro atoms. The Morgan fingerprint density at radius 2 is 1.54 bits per heavy atom. The van der Waals surface area contributed by atoms with Crippen LogP contribution in [-0.2, 0) is 0 Å². The summed E-state index contributed by atoms with van der Waals surface area (Å²) in [6.07, 6.45) is 4.14. The molecule has 2 aliphatic heterocycles. The number of methoxy groups -OCH3 is 1. The molecule has 2 fully saturated rings. The molecule has 2 amide bonds. The molecule has 2 saturated heterocycles. The normalized spacial score (nSPS) is 17.6. The Bertz CT molecular complexity index is 1530. The number of benzene rings is 3. The molecule has 0 saturated carbocycles. The van der Waals surface area contributed by atoms with E-state index < -0.39 is 0 Å². The largest absolute Gasteiger partial charge is 0.497 e. The van der Waals surface area contributed by atoms with Gasteiger partial charge in [0.2, 0.25) is 0 Å². The van der Waals surface area contributed by atoms with Crippen LogP contribution in [0.15, 0.2) is 85.1 Å². The van der Waals surface area contributed by atoms with Gasteiger partial charge in [0, 0.05) is 48.6 Å². The zero-order valence-electron chi connectivity index (χ0n) is 23.1. The lowest BCUT2D eigenvalue weighted by Crippen LogP contribution is -2.38. The van der Waals surface area contributed by atoms with E-state index in [-0.39, 0.29) is 17.7 Å². The summed E-state index contributed by atoms with van der Waals surface area (Å²) in [6, 6.07) is 25.2. The maximum atomic E-state index is 14.0. The average Bonchev–Trinajstić information content (AvgIpc) is 3.70. The van der Waals surface area contributed by atoms with E-state index in [1.165, 1.54) is 5.56 Å². The summed E-state index contributed by atoms with van der Waals surface area (Å²) in [6.45, 7) is 2.61. The van der Waals surface area contributed by atoms with E-state index in [9.17, 15) is 9.59 Å². The molecule has 1 atom stereocenters. The van der Waals surface area contributed by atoms with Crippen LogP contribution < -0.4 is 4.74 Å². The van der Waals surface area contributed by atoms with Gasteiger partial charge in [-0.25, -0.2) is 4.68 Å². The summed E-state index contributed by atoms with van der Waals surface area (Å²) in [5.41, 5.74) is 4.31. The van der Waals surface area contributed by atoms with Crippen molar-refractivity contribution >= 4 is 23.4 Å². The van der Waals surface area contributed by atoms with Crippen LogP contribution in [0.3, 0.4) is 0 Å². The summed E-state index contributed by atoms with van der Waals surface area (Å²) in [7, 11) is 1.60. The third-order valence-corrected chi connectivity index (χ3v) is 8.59. The predicted octanol–water partition coefficient (Wildman–Crippen LogP) is 6.18. The molecule has 0 radical (unpaired) electrons. The summed E-state index contributed by atoms with van der Waals surface area (Å²) >= 11 is 6.17. The third-order valence-electron chi connectivity index (χ3n) is 8.34. The molecule has 210 valence electrons. The molecular formula is C33H33ClN4O3. The Balaban J connectivity index is 1.25. The van der Waals surface area contributed by atoms with Gasteiger partial charge >= 0.3 is 0 Å². The Hall–Kier alpha value is -4.10. The van der Waals surface area contributed by atoms with Gasteiger partial charge in [-0.1, -0.05) is 48.0 Å². The van der Waals surface area contributed by atoms with Gasteiger partial charge < -0.3 is 14.5 Å². The highest BCUT2D eigenvalue weighted by atomic mass is 35.5. The van der Waals surface area contributed by atoms with Crippen LogP contribution in [-0.4, -0.2) is 64.7 Å². The van der Waals surface area contributed by atoms with Crippen molar-refractivity contribution in [1.82, 2.24) is 19.6 Å². The van der Waals surface area contributed by atoms with Gasteiger partial charge in [0.15, 0.2) is 0 Å². The van der Waals surface area contributed by atoms with Crippen molar-refractivity contribution in [2.75, 3.05) is 33.3 Å². The number of carbonyl (C=O) groups excluding carboxylic acids is 2. The highest BCUT2D eigenvalue weighted by molar-refractivity contribution is 6.30. The first kappa shape index (κ1) is 27.1. The third kappa shape index (κ3) is 5.59. The van der Waals surface area contributed by atoms with Crippen molar-refractivity contribution < 1.29 is 14.3 Å². The lowest BCUT2D eigenvalue weighted by molar-refractivity contribution is 0.0706. The van der Waals surface area contributed by atoms with Crippen LogP contribution >= 0.6 is 11.6 Å². The summed E-state index contributed by atoms with van der Waals surface area (Å²) < 4.78 is 7.19. The van der Waals surface area contributed by atoms with E-state index >= 15 is 0 Å². The van der Waals surface area contributed by atoms with Gasteiger partial charge in [-0.3, -0.25) is 9.59 Å². The second-order valence-electron chi connectivity index (χ2n) is 10.8. The van der Waals surface area contributed by atoms with Crippen molar-refractivity contribution in [3.63, 3.8) is 0 Å². The standard InChI is InChI=1S/C33H33ClN4O3/c1-41-29-9-5-8-25(20-29)32(39)36-17-14-24(15-18-36)31-30(21-35-38(31)28-12-10-27(34)11-13-28)33(40)37-19-16-26(22-37)23-6-3-2-4-7-23/h2-13,20-21,24,26H,14-19,22H2,1H3/t26-/m0/s1. The van der Waals surface area contributed by atoms with Crippen molar-refractivity contribution in [1.29, 1.82) is 0 Å². The fourth-order valence-corrected chi connectivity index (χ4v) is 6.24. The number of amides is 2. The lowest BCUT2D eigenvalue weighted by Gasteiger charge is -2.33. The average molecular weight is 569 g/mol. The number of carbonyl (C=O) groups is 2. The number of hydrogen-bond acceptors (Lipinski definition) is 4. The molecule has 4 aromatic rings. The highest BCUT2D eigenvalue weighted by Crippen LogP contribution is 2.35. The minimum Gasteiger partial charge on any atom is -0.497 e. The van der Waals surface area contributed by atoms with Crippen molar-refractivity contribution in [3.8, 4) is 11.4 Å². The van der Waals surface area contributed by atoms with Gasteiger partial charge in [-0.15, -0.1) is 0 Å². The van der Waals surface area contributed by atoms with Gasteiger partial charge in [-0.05, 0) is 67.3 Å². The Labute approximate surface area is 245 Å². The Morgan fingerprint density at radius 1 is 0.829 bits per heavy atom. The summed E-state index contributed by atoms with van der Waals surface area (Å²) in [4.78, 5) is 31.1. The fraction of sp³-hybridized carbons (Fsp3) is 0.303. The maximum absolute atomic E-state index is 14.0. The minimum atomic E-state index is -0.00567. The van der Waals surface area contributed by atoms with Gasteiger partial charge in [0.1, 0.15) is 5.75 Å². The molecule has 8 heteroatoms. The van der Waals surface area contributed by atoms with E-state index in [0.717, 1.165) is 37.2 Å². The van der Waals surface area contributed by atoms with E-state index in [1.807, 2.05) is 63.0 Å². The number of ether oxygens (including phenoxy) is 1. The van der Waals surface area contributed by atoms with Crippen molar-refractivity contribution in [3.05, 3.63) is 112 Å². The second kappa shape index (κ2) is 11.8. The first-order chi connectivity index (χ1) is 20.0. The topological polar surface area (TPSA) is 67.7 Å². The Morgan fingerprint density at radius 3 is 2.27 bits per heavy atom. The number of hydrogen-bond donors (Lipinski definition) is 0. The highest BCUT2D eigenvalue weighted by Gasteiger charge is 2.34. The second-order valence-corrected chi connectivity index (χ2v) is 11.2. The molecule has 1 aromatic heterocycles. The van der Waals surface area contributed by atoms with Crippen LogP contribution in [0.4, 0.5) is 0 Å². The molecule has 3 heterocycles. The smallest absolute Gasteiger partial charge is 0.257 e. The first-order valence-electron chi connectivity index (χ1n) is 14.1. The van der Waals surface area contributed by atoms with Crippen LogP contribution in [0.5, 0.6) is 5.75 Å². The van der Waals surface area contributed by atoms with Gasteiger partial charge in [0.25, 0.3) is 11.8 Å². The van der Waals surface area contributed by atoms with Gasteiger partial charge in [0.05, 0.1) is 30.3 Å². The molecule has 3 aromatic carbocycles. The number of nitrogens with zero attached hydrogens (tertiary/aromatic N) is 4. The molecule has 41 heavy (non-hydrogen) atoms. The lowest BCUT2D eigenvalue weighted by atomic mass is 9.90. The molecule has 0 unspecified atom stereocenters. The number of halogens is 1. The molecule has 7 nitrogen and oxygen atoms in total. The van der Waals surface area contributed by atoms with E-state index in [4.69, 9.17) is 21.4 Å².